The minimum absolute atomic E-state index is 0.0417. The smallest absolute Gasteiger partial charge is 0.254 e. The predicted molar refractivity (Wildman–Crippen MR) is 59.4 cm³/mol. The van der Waals surface area contributed by atoms with Crippen LogP contribution in [0, 0.1) is 5.82 Å². The number of aliphatic hydroxyl groups is 1. The van der Waals surface area contributed by atoms with E-state index in [-0.39, 0.29) is 12.1 Å². The lowest BCUT2D eigenvalue weighted by Crippen LogP contribution is -2.38. The van der Waals surface area contributed by atoms with Crippen LogP contribution in [0.2, 0.25) is 0 Å². The number of anilines is 1. The van der Waals surface area contributed by atoms with E-state index in [9.17, 15) is 14.3 Å². The molecule has 0 aliphatic heterocycles. The second-order valence-corrected chi connectivity index (χ2v) is 4.23. The van der Waals surface area contributed by atoms with Gasteiger partial charge in [-0.25, -0.2) is 4.39 Å². The highest BCUT2D eigenvalue weighted by molar-refractivity contribution is 5.95. The largest absolute Gasteiger partial charge is 0.399 e. The maximum absolute atomic E-state index is 13.3. The lowest BCUT2D eigenvalue weighted by molar-refractivity contribution is 0.0692. The van der Waals surface area contributed by atoms with Crippen molar-refractivity contribution in [2.24, 2.45) is 0 Å². The first-order valence-corrected chi connectivity index (χ1v) is 4.85. The van der Waals surface area contributed by atoms with Crippen LogP contribution in [0.25, 0.3) is 0 Å². The average molecular weight is 226 g/mol. The molecule has 0 saturated carbocycles. The van der Waals surface area contributed by atoms with E-state index in [0.29, 0.717) is 5.69 Å². The number of hydrogen-bond acceptors (Lipinski definition) is 3. The van der Waals surface area contributed by atoms with Crippen LogP contribution in [-0.2, 0) is 0 Å². The highest BCUT2D eigenvalue weighted by atomic mass is 19.1. The summed E-state index contributed by atoms with van der Waals surface area (Å²) in [6.07, 6.45) is 0. The van der Waals surface area contributed by atoms with Crippen molar-refractivity contribution in [2.45, 2.75) is 19.4 Å². The predicted octanol–water partition coefficient (Wildman–Crippen LogP) is 0.909. The topological polar surface area (TPSA) is 75.3 Å². The van der Waals surface area contributed by atoms with Gasteiger partial charge in [-0.15, -0.1) is 0 Å². The van der Waals surface area contributed by atoms with Gasteiger partial charge in [-0.1, -0.05) is 0 Å². The Morgan fingerprint density at radius 3 is 2.75 bits per heavy atom. The maximum atomic E-state index is 13.3. The molecular weight excluding hydrogens is 211 g/mol. The molecule has 1 aromatic rings. The fraction of sp³-hybridized carbons (Fsp3) is 0.364. The van der Waals surface area contributed by atoms with Crippen LogP contribution < -0.4 is 11.1 Å². The molecule has 5 heteroatoms. The Labute approximate surface area is 93.3 Å². The number of carbonyl (C=O) groups excluding carboxylic acids is 1. The van der Waals surface area contributed by atoms with Crippen LogP contribution in [0.1, 0.15) is 24.2 Å². The summed E-state index contributed by atoms with van der Waals surface area (Å²) < 4.78 is 13.3. The van der Waals surface area contributed by atoms with Gasteiger partial charge >= 0.3 is 0 Å². The third-order valence-electron chi connectivity index (χ3n) is 1.92. The number of nitrogen functional groups attached to an aromatic ring is 1. The highest BCUT2D eigenvalue weighted by Crippen LogP contribution is 2.12. The van der Waals surface area contributed by atoms with E-state index < -0.39 is 17.3 Å². The van der Waals surface area contributed by atoms with E-state index in [0.717, 1.165) is 6.07 Å². The number of benzene rings is 1. The Kier molecular flexibility index (Phi) is 3.49. The Hall–Kier alpha value is -1.62. The molecule has 88 valence electrons. The van der Waals surface area contributed by atoms with Crippen LogP contribution in [0.15, 0.2) is 18.2 Å². The van der Waals surface area contributed by atoms with Crippen molar-refractivity contribution in [3.8, 4) is 0 Å². The first-order valence-electron chi connectivity index (χ1n) is 4.85. The van der Waals surface area contributed by atoms with Gasteiger partial charge in [-0.3, -0.25) is 4.79 Å². The average Bonchev–Trinajstić information content (AvgIpc) is 2.17. The quantitative estimate of drug-likeness (QED) is 0.670. The van der Waals surface area contributed by atoms with Gasteiger partial charge in [0.1, 0.15) is 5.82 Å². The van der Waals surface area contributed by atoms with E-state index in [2.05, 4.69) is 5.32 Å². The third kappa shape index (κ3) is 3.51. The van der Waals surface area contributed by atoms with Crippen molar-refractivity contribution in [2.75, 3.05) is 12.3 Å². The molecule has 4 N–H and O–H groups in total. The van der Waals surface area contributed by atoms with Gasteiger partial charge in [-0.05, 0) is 32.0 Å². The van der Waals surface area contributed by atoms with Crippen molar-refractivity contribution >= 4 is 11.6 Å². The zero-order valence-electron chi connectivity index (χ0n) is 9.25. The van der Waals surface area contributed by atoms with Crippen molar-refractivity contribution in [1.82, 2.24) is 5.32 Å². The number of nitrogens with one attached hydrogen (secondary N) is 1. The minimum atomic E-state index is -1.04. The molecule has 0 aliphatic rings. The van der Waals surface area contributed by atoms with Crippen LogP contribution in [0.4, 0.5) is 10.1 Å². The molecule has 0 unspecified atom stereocenters. The second-order valence-electron chi connectivity index (χ2n) is 4.23. The van der Waals surface area contributed by atoms with E-state index in [1.54, 1.807) is 13.8 Å². The van der Waals surface area contributed by atoms with Crippen molar-refractivity contribution in [3.05, 3.63) is 29.6 Å². The van der Waals surface area contributed by atoms with Crippen LogP contribution in [0.5, 0.6) is 0 Å². The molecule has 0 spiro atoms. The Balaban J connectivity index is 2.77. The fourth-order valence-electron chi connectivity index (χ4n) is 1.11. The standard InChI is InChI=1S/C11H15FN2O2/c1-11(2,16)6-14-10(15)8-5-7(13)3-4-9(8)12/h3-5,16H,6,13H2,1-2H3,(H,14,15). The van der Waals surface area contributed by atoms with Crippen molar-refractivity contribution in [3.63, 3.8) is 0 Å². The summed E-state index contributed by atoms with van der Waals surface area (Å²) >= 11 is 0. The van der Waals surface area contributed by atoms with E-state index in [1.807, 2.05) is 0 Å². The van der Waals surface area contributed by atoms with Gasteiger partial charge in [0, 0.05) is 12.2 Å². The zero-order chi connectivity index (χ0) is 12.3. The van der Waals surface area contributed by atoms with Gasteiger partial charge in [0.2, 0.25) is 0 Å². The molecule has 0 fully saturated rings. The molecule has 0 heterocycles. The lowest BCUT2D eigenvalue weighted by atomic mass is 10.1. The molecule has 1 rings (SSSR count). The van der Waals surface area contributed by atoms with Crippen LogP contribution >= 0.6 is 0 Å². The molecule has 4 nitrogen and oxygen atoms in total. The maximum Gasteiger partial charge on any atom is 0.254 e. The third-order valence-corrected chi connectivity index (χ3v) is 1.92. The minimum Gasteiger partial charge on any atom is -0.399 e. The highest BCUT2D eigenvalue weighted by Gasteiger charge is 2.17. The number of hydrogen-bond donors (Lipinski definition) is 3. The Bertz CT molecular complexity index is 399. The fourth-order valence-corrected chi connectivity index (χ4v) is 1.11. The van der Waals surface area contributed by atoms with Crippen LogP contribution in [-0.4, -0.2) is 23.2 Å². The summed E-state index contributed by atoms with van der Waals surface area (Å²) in [4.78, 5) is 11.5. The number of amides is 1. The first-order chi connectivity index (χ1) is 7.29. The molecule has 1 amide bonds. The van der Waals surface area contributed by atoms with Crippen LogP contribution in [0.3, 0.4) is 0 Å². The Morgan fingerprint density at radius 2 is 2.19 bits per heavy atom. The molecule has 16 heavy (non-hydrogen) atoms. The van der Waals surface area contributed by atoms with Gasteiger partial charge in [0.25, 0.3) is 5.91 Å². The lowest BCUT2D eigenvalue weighted by Gasteiger charge is -2.17. The summed E-state index contributed by atoms with van der Waals surface area (Å²) in [6, 6.07) is 3.77. The van der Waals surface area contributed by atoms with Crippen molar-refractivity contribution in [1.29, 1.82) is 0 Å². The van der Waals surface area contributed by atoms with Gasteiger partial charge in [0.05, 0.1) is 11.2 Å². The molecule has 1 aromatic carbocycles. The monoisotopic (exact) mass is 226 g/mol. The summed E-state index contributed by atoms with van der Waals surface area (Å²) in [5.74, 6) is -1.23. The van der Waals surface area contributed by atoms with Gasteiger partial charge in [0.15, 0.2) is 0 Å². The molecule has 0 aliphatic carbocycles. The number of halogens is 1. The van der Waals surface area contributed by atoms with Crippen molar-refractivity contribution < 1.29 is 14.3 Å². The van der Waals surface area contributed by atoms with E-state index >= 15 is 0 Å². The molecule has 0 atom stereocenters. The van der Waals surface area contributed by atoms with Gasteiger partial charge < -0.3 is 16.2 Å². The van der Waals surface area contributed by atoms with Gasteiger partial charge in [-0.2, -0.15) is 0 Å². The summed E-state index contributed by atoms with van der Waals surface area (Å²) in [6.45, 7) is 3.13. The molecule has 0 bridgehead atoms. The molecule has 0 aromatic heterocycles. The summed E-state index contributed by atoms with van der Waals surface area (Å²) in [7, 11) is 0. The zero-order valence-corrected chi connectivity index (χ0v) is 9.25. The van der Waals surface area contributed by atoms with E-state index in [1.165, 1.54) is 12.1 Å². The Morgan fingerprint density at radius 1 is 1.56 bits per heavy atom. The SMILES string of the molecule is CC(C)(O)CNC(=O)c1cc(N)ccc1F. The normalized spacial score (nSPS) is 11.2. The second kappa shape index (κ2) is 4.49. The number of rotatable bonds is 3. The number of nitrogens with two attached hydrogens (primary N) is 1. The molecule has 0 saturated heterocycles. The molecular formula is C11H15FN2O2. The summed E-state index contributed by atoms with van der Waals surface area (Å²) in [5, 5.41) is 11.8. The number of carbonyl (C=O) groups is 1. The van der Waals surface area contributed by atoms with E-state index in [4.69, 9.17) is 5.73 Å². The molecule has 0 radical (unpaired) electrons. The first kappa shape index (κ1) is 12.4. The summed E-state index contributed by atoms with van der Waals surface area (Å²) in [5.41, 5.74) is 4.61.